The number of rotatable bonds is 3. The maximum atomic E-state index is 11.5. The molecular formula is C13H19IN2O2. The van der Waals surface area contributed by atoms with Gasteiger partial charge in [-0.2, -0.15) is 0 Å². The zero-order valence-corrected chi connectivity index (χ0v) is 13.0. The quantitative estimate of drug-likeness (QED) is 0.813. The van der Waals surface area contributed by atoms with Crippen LogP contribution in [0.5, 0.6) is 0 Å². The van der Waals surface area contributed by atoms with Crippen molar-refractivity contribution >= 4 is 28.7 Å². The normalized spacial score (nSPS) is 12.9. The van der Waals surface area contributed by atoms with Crippen LogP contribution in [-0.2, 0) is 4.74 Å². The van der Waals surface area contributed by atoms with Crippen molar-refractivity contribution in [2.75, 3.05) is 6.54 Å². The first-order valence-corrected chi connectivity index (χ1v) is 6.84. The summed E-state index contributed by atoms with van der Waals surface area (Å²) in [5.41, 5.74) is 6.49. The van der Waals surface area contributed by atoms with Crippen molar-refractivity contribution in [3.05, 3.63) is 33.4 Å². The highest BCUT2D eigenvalue weighted by Crippen LogP contribution is 2.12. The summed E-state index contributed by atoms with van der Waals surface area (Å²) in [4.78, 5) is 11.5. The Morgan fingerprint density at radius 1 is 1.39 bits per heavy atom. The van der Waals surface area contributed by atoms with Crippen LogP contribution < -0.4 is 11.1 Å². The van der Waals surface area contributed by atoms with Crippen molar-refractivity contribution in [3.63, 3.8) is 0 Å². The molecule has 0 aliphatic heterocycles. The summed E-state index contributed by atoms with van der Waals surface area (Å²) < 4.78 is 6.29. The molecule has 100 valence electrons. The van der Waals surface area contributed by atoms with E-state index >= 15 is 0 Å². The van der Waals surface area contributed by atoms with Crippen LogP contribution in [-0.4, -0.2) is 18.2 Å². The number of benzene rings is 1. The molecule has 1 amide bonds. The van der Waals surface area contributed by atoms with Gasteiger partial charge in [0.05, 0.1) is 0 Å². The average Bonchev–Trinajstić information content (AvgIpc) is 2.24. The Morgan fingerprint density at radius 3 is 2.44 bits per heavy atom. The number of carbonyl (C=O) groups is 1. The van der Waals surface area contributed by atoms with E-state index in [0.717, 1.165) is 9.13 Å². The number of nitrogens with one attached hydrogen (secondary N) is 1. The Kier molecular flexibility index (Phi) is 5.40. The predicted octanol–water partition coefficient (Wildman–Crippen LogP) is 2.82. The molecule has 18 heavy (non-hydrogen) atoms. The third-order valence-corrected chi connectivity index (χ3v) is 2.88. The van der Waals surface area contributed by atoms with Crippen LogP contribution in [0.25, 0.3) is 0 Å². The third kappa shape index (κ3) is 5.68. The van der Waals surface area contributed by atoms with Gasteiger partial charge in [0.25, 0.3) is 0 Å². The third-order valence-electron chi connectivity index (χ3n) is 2.16. The lowest BCUT2D eigenvalue weighted by atomic mass is 10.1. The molecule has 0 unspecified atom stereocenters. The molecule has 0 radical (unpaired) electrons. The molecule has 0 aromatic heterocycles. The fraction of sp³-hybridized carbons (Fsp3) is 0.462. The molecule has 0 spiro atoms. The van der Waals surface area contributed by atoms with Crippen LogP contribution >= 0.6 is 22.6 Å². The molecule has 1 aromatic rings. The molecule has 1 rings (SSSR count). The summed E-state index contributed by atoms with van der Waals surface area (Å²) in [5, 5.41) is 2.66. The predicted molar refractivity (Wildman–Crippen MR) is 80.3 cm³/mol. The largest absolute Gasteiger partial charge is 0.444 e. The minimum atomic E-state index is -0.489. The second kappa shape index (κ2) is 6.38. The fourth-order valence-electron chi connectivity index (χ4n) is 1.34. The molecule has 0 bridgehead atoms. The topological polar surface area (TPSA) is 64.3 Å². The average molecular weight is 362 g/mol. The van der Waals surface area contributed by atoms with Gasteiger partial charge in [0.1, 0.15) is 5.60 Å². The highest BCUT2D eigenvalue weighted by molar-refractivity contribution is 14.1. The van der Waals surface area contributed by atoms with Gasteiger partial charge < -0.3 is 15.8 Å². The fourth-order valence-corrected chi connectivity index (χ4v) is 1.69. The van der Waals surface area contributed by atoms with E-state index in [2.05, 4.69) is 27.9 Å². The smallest absolute Gasteiger partial charge is 0.407 e. The maximum absolute atomic E-state index is 11.5. The summed E-state index contributed by atoms with van der Waals surface area (Å²) in [6, 6.07) is 7.67. The molecule has 0 heterocycles. The van der Waals surface area contributed by atoms with Crippen LogP contribution in [0.3, 0.4) is 0 Å². The molecule has 4 nitrogen and oxygen atoms in total. The molecule has 0 saturated heterocycles. The molecule has 5 heteroatoms. The van der Waals surface area contributed by atoms with Crippen molar-refractivity contribution in [1.82, 2.24) is 5.32 Å². The molecule has 1 atom stereocenters. The SMILES string of the molecule is CC(C)(C)OC(=O)NC[C@H](N)c1ccc(I)cc1. The first-order valence-electron chi connectivity index (χ1n) is 5.76. The zero-order chi connectivity index (χ0) is 13.8. The molecule has 0 saturated carbocycles. The second-order valence-electron chi connectivity index (χ2n) is 5.04. The first-order chi connectivity index (χ1) is 8.28. The van der Waals surface area contributed by atoms with Crippen LogP contribution in [0, 0.1) is 3.57 Å². The Morgan fingerprint density at radius 2 is 1.94 bits per heavy atom. The monoisotopic (exact) mass is 362 g/mol. The van der Waals surface area contributed by atoms with Crippen molar-refractivity contribution in [2.24, 2.45) is 5.73 Å². The number of carbonyl (C=O) groups excluding carboxylic acids is 1. The van der Waals surface area contributed by atoms with E-state index in [0.29, 0.717) is 6.54 Å². The van der Waals surface area contributed by atoms with Gasteiger partial charge in [-0.25, -0.2) is 4.79 Å². The summed E-state index contributed by atoms with van der Waals surface area (Å²) in [6.07, 6.45) is -0.441. The molecule has 1 aromatic carbocycles. The summed E-state index contributed by atoms with van der Waals surface area (Å²) in [6.45, 7) is 5.83. The Bertz CT molecular complexity index is 398. The number of hydrogen-bond donors (Lipinski definition) is 2. The van der Waals surface area contributed by atoms with E-state index in [1.807, 2.05) is 45.0 Å². The number of amides is 1. The Hall–Kier alpha value is -0.820. The highest BCUT2D eigenvalue weighted by atomic mass is 127. The second-order valence-corrected chi connectivity index (χ2v) is 6.29. The minimum absolute atomic E-state index is 0.227. The summed E-state index contributed by atoms with van der Waals surface area (Å²) in [7, 11) is 0. The summed E-state index contributed by atoms with van der Waals surface area (Å²) >= 11 is 2.24. The van der Waals surface area contributed by atoms with Crippen LogP contribution in [0.1, 0.15) is 32.4 Å². The molecule has 0 fully saturated rings. The van der Waals surface area contributed by atoms with Crippen LogP contribution in [0.4, 0.5) is 4.79 Å². The van der Waals surface area contributed by atoms with E-state index in [-0.39, 0.29) is 6.04 Å². The van der Waals surface area contributed by atoms with Crippen molar-refractivity contribution in [1.29, 1.82) is 0 Å². The van der Waals surface area contributed by atoms with Gasteiger partial charge in [-0.3, -0.25) is 0 Å². The highest BCUT2D eigenvalue weighted by Gasteiger charge is 2.16. The lowest BCUT2D eigenvalue weighted by molar-refractivity contribution is 0.0524. The van der Waals surface area contributed by atoms with E-state index < -0.39 is 11.7 Å². The van der Waals surface area contributed by atoms with E-state index in [1.54, 1.807) is 0 Å². The molecular weight excluding hydrogens is 343 g/mol. The van der Waals surface area contributed by atoms with Gasteiger partial charge in [-0.15, -0.1) is 0 Å². The zero-order valence-electron chi connectivity index (χ0n) is 10.9. The van der Waals surface area contributed by atoms with Gasteiger partial charge >= 0.3 is 6.09 Å². The maximum Gasteiger partial charge on any atom is 0.407 e. The minimum Gasteiger partial charge on any atom is -0.444 e. The number of nitrogens with two attached hydrogens (primary N) is 1. The van der Waals surface area contributed by atoms with Crippen LogP contribution in [0.2, 0.25) is 0 Å². The van der Waals surface area contributed by atoms with E-state index in [4.69, 9.17) is 10.5 Å². The first kappa shape index (κ1) is 15.2. The number of alkyl carbamates (subject to hydrolysis) is 1. The van der Waals surface area contributed by atoms with Crippen molar-refractivity contribution < 1.29 is 9.53 Å². The lowest BCUT2D eigenvalue weighted by Gasteiger charge is -2.20. The number of hydrogen-bond acceptors (Lipinski definition) is 3. The standard InChI is InChI=1S/C13H19IN2O2/c1-13(2,3)18-12(17)16-8-11(15)9-4-6-10(14)7-5-9/h4-7,11H,8,15H2,1-3H3,(H,16,17)/t11-/m0/s1. The van der Waals surface area contributed by atoms with Crippen LogP contribution in [0.15, 0.2) is 24.3 Å². The molecule has 3 N–H and O–H groups in total. The van der Waals surface area contributed by atoms with Gasteiger partial charge in [-0.1, -0.05) is 12.1 Å². The number of halogens is 1. The number of ether oxygens (including phenoxy) is 1. The van der Waals surface area contributed by atoms with Gasteiger partial charge in [-0.05, 0) is 61.1 Å². The van der Waals surface area contributed by atoms with Gasteiger partial charge in [0.15, 0.2) is 0 Å². The molecule has 0 aliphatic carbocycles. The van der Waals surface area contributed by atoms with Crippen molar-refractivity contribution in [3.8, 4) is 0 Å². The van der Waals surface area contributed by atoms with Crippen molar-refractivity contribution in [2.45, 2.75) is 32.4 Å². The molecule has 0 aliphatic rings. The van der Waals surface area contributed by atoms with Gasteiger partial charge in [0.2, 0.25) is 0 Å². The lowest BCUT2D eigenvalue weighted by Crippen LogP contribution is -2.36. The van der Waals surface area contributed by atoms with E-state index in [1.165, 1.54) is 0 Å². The summed E-state index contributed by atoms with van der Waals surface area (Å²) in [5.74, 6) is 0. The van der Waals surface area contributed by atoms with E-state index in [9.17, 15) is 4.79 Å². The van der Waals surface area contributed by atoms with Gasteiger partial charge in [0, 0.05) is 16.2 Å². The Balaban J connectivity index is 2.44. The Labute approximate surface area is 121 Å².